The van der Waals surface area contributed by atoms with Gasteiger partial charge in [0.25, 0.3) is 10.0 Å². The number of imidazole rings is 1. The number of hydrogen-bond donors (Lipinski definition) is 1. The van der Waals surface area contributed by atoms with Gasteiger partial charge in [-0.1, -0.05) is 0 Å². The summed E-state index contributed by atoms with van der Waals surface area (Å²) < 4.78 is 27.9. The van der Waals surface area contributed by atoms with E-state index in [0.29, 0.717) is 25.5 Å². The number of halogens is 1. The summed E-state index contributed by atoms with van der Waals surface area (Å²) in [5.74, 6) is 0.701. The van der Waals surface area contributed by atoms with E-state index < -0.39 is 10.0 Å². The zero-order chi connectivity index (χ0) is 12.6. The fraction of sp³-hybridized carbons (Fsp3) is 0.700. The van der Waals surface area contributed by atoms with Gasteiger partial charge in [0, 0.05) is 38.9 Å². The molecule has 1 aliphatic heterocycles. The van der Waals surface area contributed by atoms with Crippen LogP contribution < -0.4 is 5.32 Å². The first kappa shape index (κ1) is 15.4. The summed E-state index contributed by atoms with van der Waals surface area (Å²) in [6.07, 6.45) is 1.57. The molecule has 1 fully saturated rings. The van der Waals surface area contributed by atoms with Crippen molar-refractivity contribution in [1.29, 1.82) is 0 Å². The molecule has 1 saturated heterocycles. The molecule has 1 unspecified atom stereocenters. The van der Waals surface area contributed by atoms with Crippen molar-refractivity contribution >= 4 is 22.4 Å². The number of aromatic nitrogens is 2. The van der Waals surface area contributed by atoms with E-state index in [1.807, 2.05) is 6.92 Å². The molecule has 0 aliphatic carbocycles. The minimum absolute atomic E-state index is 0. The van der Waals surface area contributed by atoms with Crippen molar-refractivity contribution in [2.24, 2.45) is 7.05 Å². The maximum absolute atomic E-state index is 12.3. The number of nitrogens with zero attached hydrogens (tertiary/aromatic N) is 3. The Kier molecular flexibility index (Phi) is 4.77. The van der Waals surface area contributed by atoms with Gasteiger partial charge in [-0.3, -0.25) is 0 Å². The molecule has 0 amide bonds. The smallest absolute Gasteiger partial charge is 0.262 e. The van der Waals surface area contributed by atoms with Crippen LogP contribution in [0.2, 0.25) is 0 Å². The second kappa shape index (κ2) is 5.56. The van der Waals surface area contributed by atoms with E-state index in [9.17, 15) is 8.42 Å². The van der Waals surface area contributed by atoms with E-state index in [0.717, 1.165) is 0 Å². The molecule has 1 aliphatic rings. The first-order valence-corrected chi connectivity index (χ1v) is 7.09. The van der Waals surface area contributed by atoms with Gasteiger partial charge >= 0.3 is 0 Å². The number of aryl methyl sites for hydroxylation is 2. The number of nitrogens with one attached hydrogen (secondary N) is 1. The largest absolute Gasteiger partial charge is 0.337 e. The molecule has 18 heavy (non-hydrogen) atoms. The predicted octanol–water partition coefficient (Wildman–Crippen LogP) is 0.133. The molecule has 0 spiro atoms. The van der Waals surface area contributed by atoms with Crippen LogP contribution in [0.25, 0.3) is 0 Å². The quantitative estimate of drug-likeness (QED) is 0.842. The van der Waals surface area contributed by atoms with E-state index in [-0.39, 0.29) is 23.5 Å². The second-order valence-electron chi connectivity index (χ2n) is 4.46. The van der Waals surface area contributed by atoms with Crippen LogP contribution in [0.3, 0.4) is 0 Å². The summed E-state index contributed by atoms with van der Waals surface area (Å²) in [5.41, 5.74) is 0. The number of hydrogen-bond acceptors (Lipinski definition) is 4. The zero-order valence-corrected chi connectivity index (χ0v) is 12.4. The van der Waals surface area contributed by atoms with Crippen LogP contribution in [0.15, 0.2) is 11.2 Å². The fourth-order valence-corrected chi connectivity index (χ4v) is 3.45. The topological polar surface area (TPSA) is 67.2 Å². The molecule has 1 atom stereocenters. The summed E-state index contributed by atoms with van der Waals surface area (Å²) in [6.45, 7) is 5.46. The summed E-state index contributed by atoms with van der Waals surface area (Å²) in [5, 5.41) is 3.37. The van der Waals surface area contributed by atoms with E-state index in [1.54, 1.807) is 24.7 Å². The Labute approximate surface area is 114 Å². The maximum Gasteiger partial charge on any atom is 0.262 e. The standard InChI is InChI=1S/C10H18N4O2S.ClH/c1-8-6-14(5-4-11-8)17(15,16)10-7-13(3)9(2)12-10;/h7-8,11H,4-6H2,1-3H3;1H. The van der Waals surface area contributed by atoms with Crippen molar-refractivity contribution in [1.82, 2.24) is 19.2 Å². The van der Waals surface area contributed by atoms with Crippen molar-refractivity contribution in [2.75, 3.05) is 19.6 Å². The van der Waals surface area contributed by atoms with Crippen LogP contribution in [0, 0.1) is 6.92 Å². The van der Waals surface area contributed by atoms with E-state index in [1.165, 1.54) is 4.31 Å². The lowest BCUT2D eigenvalue weighted by atomic mass is 10.3. The molecule has 1 aromatic rings. The predicted molar refractivity (Wildman–Crippen MR) is 71.4 cm³/mol. The average molecular weight is 295 g/mol. The van der Waals surface area contributed by atoms with Gasteiger partial charge in [-0.25, -0.2) is 13.4 Å². The van der Waals surface area contributed by atoms with Crippen molar-refractivity contribution in [3.05, 3.63) is 12.0 Å². The first-order valence-electron chi connectivity index (χ1n) is 5.65. The van der Waals surface area contributed by atoms with Gasteiger partial charge in [0.15, 0.2) is 5.03 Å². The van der Waals surface area contributed by atoms with Crippen LogP contribution in [-0.2, 0) is 17.1 Å². The Balaban J connectivity index is 0.00000162. The molecule has 0 aromatic carbocycles. The molecule has 0 saturated carbocycles. The average Bonchev–Trinajstić information content (AvgIpc) is 2.60. The first-order chi connectivity index (χ1) is 7.91. The molecule has 1 aromatic heterocycles. The molecule has 6 nitrogen and oxygen atoms in total. The van der Waals surface area contributed by atoms with Crippen molar-refractivity contribution in [2.45, 2.75) is 24.9 Å². The third kappa shape index (κ3) is 2.85. The van der Waals surface area contributed by atoms with Gasteiger partial charge in [-0.15, -0.1) is 12.4 Å². The van der Waals surface area contributed by atoms with Crippen LogP contribution in [0.1, 0.15) is 12.7 Å². The lowest BCUT2D eigenvalue weighted by Crippen LogP contribution is -2.51. The minimum atomic E-state index is -3.44. The highest BCUT2D eigenvalue weighted by atomic mass is 35.5. The van der Waals surface area contributed by atoms with Gasteiger partial charge in [-0.05, 0) is 13.8 Å². The molecule has 1 N–H and O–H groups in total. The van der Waals surface area contributed by atoms with Gasteiger partial charge in [0.05, 0.1) is 0 Å². The lowest BCUT2D eigenvalue weighted by molar-refractivity contribution is 0.309. The van der Waals surface area contributed by atoms with E-state index in [2.05, 4.69) is 10.3 Å². The highest BCUT2D eigenvalue weighted by molar-refractivity contribution is 7.89. The molecule has 0 radical (unpaired) electrons. The summed E-state index contributed by atoms with van der Waals surface area (Å²) in [7, 11) is -1.64. The molecule has 104 valence electrons. The third-order valence-electron chi connectivity index (χ3n) is 3.02. The van der Waals surface area contributed by atoms with E-state index >= 15 is 0 Å². The zero-order valence-electron chi connectivity index (χ0n) is 10.8. The third-order valence-corrected chi connectivity index (χ3v) is 4.76. The van der Waals surface area contributed by atoms with Gasteiger partial charge in [0.2, 0.25) is 0 Å². The lowest BCUT2D eigenvalue weighted by Gasteiger charge is -2.30. The highest BCUT2D eigenvalue weighted by Crippen LogP contribution is 2.16. The van der Waals surface area contributed by atoms with E-state index in [4.69, 9.17) is 0 Å². The Bertz CT molecular complexity index is 494. The maximum atomic E-state index is 12.3. The fourth-order valence-electron chi connectivity index (χ4n) is 1.90. The number of piperazine rings is 1. The van der Waals surface area contributed by atoms with Gasteiger partial charge in [-0.2, -0.15) is 4.31 Å². The summed E-state index contributed by atoms with van der Waals surface area (Å²) >= 11 is 0. The minimum Gasteiger partial charge on any atom is -0.337 e. The Hall–Kier alpha value is -0.630. The van der Waals surface area contributed by atoms with Crippen molar-refractivity contribution < 1.29 is 8.42 Å². The molecule has 0 bridgehead atoms. The number of sulfonamides is 1. The Morgan fingerprint density at radius 1 is 1.50 bits per heavy atom. The molecule has 8 heteroatoms. The normalized spacial score (nSPS) is 21.6. The number of rotatable bonds is 2. The molecule has 2 heterocycles. The van der Waals surface area contributed by atoms with Crippen LogP contribution in [0.5, 0.6) is 0 Å². The monoisotopic (exact) mass is 294 g/mol. The molecular formula is C10H19ClN4O2S. The van der Waals surface area contributed by atoms with Gasteiger partial charge < -0.3 is 9.88 Å². The second-order valence-corrected chi connectivity index (χ2v) is 6.34. The van der Waals surface area contributed by atoms with Crippen molar-refractivity contribution in [3.63, 3.8) is 0 Å². The van der Waals surface area contributed by atoms with Gasteiger partial charge in [0.1, 0.15) is 5.82 Å². The summed E-state index contributed by atoms with van der Waals surface area (Å²) in [4.78, 5) is 4.10. The molecular weight excluding hydrogens is 276 g/mol. The molecule has 2 rings (SSSR count). The summed E-state index contributed by atoms with van der Waals surface area (Å²) in [6, 6.07) is 0.184. The van der Waals surface area contributed by atoms with Crippen LogP contribution in [0.4, 0.5) is 0 Å². The van der Waals surface area contributed by atoms with Crippen molar-refractivity contribution in [3.8, 4) is 0 Å². The Morgan fingerprint density at radius 3 is 2.67 bits per heavy atom. The SMILES string of the molecule is Cc1nc(S(=O)(=O)N2CCNC(C)C2)cn1C.Cl. The highest BCUT2D eigenvalue weighted by Gasteiger charge is 2.30. The Morgan fingerprint density at radius 2 is 2.17 bits per heavy atom. The van der Waals surface area contributed by atoms with Crippen LogP contribution in [-0.4, -0.2) is 48.0 Å². The van der Waals surface area contributed by atoms with Crippen LogP contribution >= 0.6 is 12.4 Å².